The van der Waals surface area contributed by atoms with Crippen LogP contribution in [0.1, 0.15) is 29.8 Å². The monoisotopic (exact) mass is 233 g/mol. The van der Waals surface area contributed by atoms with Crippen molar-refractivity contribution in [2.45, 2.75) is 26.8 Å². The second-order valence-corrected chi connectivity index (χ2v) is 4.35. The van der Waals surface area contributed by atoms with Crippen LogP contribution in [0.25, 0.3) is 5.69 Å². The third kappa shape index (κ3) is 2.22. The number of nitrogens with zero attached hydrogens (tertiary/aromatic N) is 2. The molecule has 0 fully saturated rings. The number of hydrogen-bond acceptors (Lipinski definition) is 2. The van der Waals surface area contributed by atoms with Gasteiger partial charge in [-0.3, -0.25) is 0 Å². The summed E-state index contributed by atoms with van der Waals surface area (Å²) < 4.78 is 15.3. The summed E-state index contributed by atoms with van der Waals surface area (Å²) in [5.41, 5.74) is 8.98. The molecule has 1 unspecified atom stereocenters. The van der Waals surface area contributed by atoms with Crippen LogP contribution in [0.5, 0.6) is 0 Å². The normalized spacial score (nSPS) is 12.8. The first-order valence-electron chi connectivity index (χ1n) is 5.57. The van der Waals surface area contributed by atoms with E-state index in [2.05, 4.69) is 5.10 Å². The van der Waals surface area contributed by atoms with Crippen LogP contribution < -0.4 is 5.73 Å². The molecule has 0 saturated heterocycles. The zero-order chi connectivity index (χ0) is 12.6. The molecule has 0 saturated carbocycles. The van der Waals surface area contributed by atoms with Gasteiger partial charge in [0.15, 0.2) is 0 Å². The lowest BCUT2D eigenvalue weighted by molar-refractivity contribution is 0.611. The van der Waals surface area contributed by atoms with Crippen molar-refractivity contribution in [3.8, 4) is 5.69 Å². The molecule has 3 nitrogen and oxygen atoms in total. The SMILES string of the molecule is Cc1ccn(-c2cc(C)c(F)cc2C(C)N)n1. The van der Waals surface area contributed by atoms with Crippen LogP contribution in [0.4, 0.5) is 4.39 Å². The van der Waals surface area contributed by atoms with Gasteiger partial charge in [-0.15, -0.1) is 0 Å². The van der Waals surface area contributed by atoms with Crippen molar-refractivity contribution < 1.29 is 4.39 Å². The van der Waals surface area contributed by atoms with Crippen LogP contribution in [-0.2, 0) is 0 Å². The molecule has 0 aliphatic heterocycles. The molecule has 2 rings (SSSR count). The van der Waals surface area contributed by atoms with Crippen LogP contribution in [0.15, 0.2) is 24.4 Å². The molecule has 1 heterocycles. The van der Waals surface area contributed by atoms with Crippen molar-refractivity contribution >= 4 is 0 Å². The van der Waals surface area contributed by atoms with Crippen molar-refractivity contribution in [3.05, 3.63) is 47.0 Å². The van der Waals surface area contributed by atoms with Gasteiger partial charge in [0.2, 0.25) is 0 Å². The molecule has 1 aromatic carbocycles. The molecule has 4 heteroatoms. The van der Waals surface area contributed by atoms with Crippen molar-refractivity contribution in [3.63, 3.8) is 0 Å². The van der Waals surface area contributed by atoms with Crippen LogP contribution in [0.3, 0.4) is 0 Å². The molecule has 0 bridgehead atoms. The predicted molar refractivity (Wildman–Crippen MR) is 65.6 cm³/mol. The summed E-state index contributed by atoms with van der Waals surface area (Å²) in [5, 5.41) is 4.33. The summed E-state index contributed by atoms with van der Waals surface area (Å²) in [7, 11) is 0. The van der Waals surface area contributed by atoms with Gasteiger partial charge in [0.05, 0.1) is 11.4 Å². The Morgan fingerprint density at radius 2 is 2.06 bits per heavy atom. The van der Waals surface area contributed by atoms with Gasteiger partial charge < -0.3 is 5.73 Å². The van der Waals surface area contributed by atoms with Gasteiger partial charge in [0, 0.05) is 12.2 Å². The number of aryl methyl sites for hydroxylation is 2. The zero-order valence-electron chi connectivity index (χ0n) is 10.2. The van der Waals surface area contributed by atoms with Crippen molar-refractivity contribution in [1.29, 1.82) is 0 Å². The van der Waals surface area contributed by atoms with E-state index in [0.29, 0.717) is 5.56 Å². The second kappa shape index (κ2) is 4.30. The third-order valence-electron chi connectivity index (χ3n) is 2.77. The van der Waals surface area contributed by atoms with Crippen LogP contribution in [0.2, 0.25) is 0 Å². The maximum absolute atomic E-state index is 13.6. The molecular formula is C13H16FN3. The van der Waals surface area contributed by atoms with E-state index in [1.165, 1.54) is 6.07 Å². The minimum Gasteiger partial charge on any atom is -0.324 e. The molecule has 0 spiro atoms. The maximum Gasteiger partial charge on any atom is 0.126 e. The molecule has 0 radical (unpaired) electrons. The Balaban J connectivity index is 2.63. The minimum atomic E-state index is -0.232. The van der Waals surface area contributed by atoms with E-state index in [4.69, 9.17) is 5.73 Å². The highest BCUT2D eigenvalue weighted by Crippen LogP contribution is 2.23. The standard InChI is InChI=1S/C13H16FN3/c1-8-6-13(17-5-4-9(2)16-17)11(10(3)15)7-12(8)14/h4-7,10H,15H2,1-3H3. The van der Waals surface area contributed by atoms with Gasteiger partial charge in [-0.1, -0.05) is 0 Å². The van der Waals surface area contributed by atoms with Gasteiger partial charge in [-0.25, -0.2) is 9.07 Å². The lowest BCUT2D eigenvalue weighted by atomic mass is 10.0. The molecule has 1 atom stereocenters. The second-order valence-electron chi connectivity index (χ2n) is 4.35. The Bertz CT molecular complexity index is 544. The lowest BCUT2D eigenvalue weighted by Crippen LogP contribution is -2.11. The number of rotatable bonds is 2. The average Bonchev–Trinajstić information content (AvgIpc) is 2.68. The van der Waals surface area contributed by atoms with Gasteiger partial charge >= 0.3 is 0 Å². The number of benzene rings is 1. The molecule has 90 valence electrons. The van der Waals surface area contributed by atoms with E-state index in [0.717, 1.165) is 16.9 Å². The van der Waals surface area contributed by atoms with Crippen LogP contribution in [0, 0.1) is 19.7 Å². The van der Waals surface area contributed by atoms with Gasteiger partial charge in [-0.2, -0.15) is 5.10 Å². The molecule has 2 aromatic rings. The highest BCUT2D eigenvalue weighted by Gasteiger charge is 2.12. The Morgan fingerprint density at radius 1 is 1.35 bits per heavy atom. The Kier molecular flexibility index (Phi) is 2.98. The topological polar surface area (TPSA) is 43.8 Å². The Hall–Kier alpha value is -1.68. The first-order valence-corrected chi connectivity index (χ1v) is 5.57. The van der Waals surface area contributed by atoms with E-state index in [1.807, 2.05) is 26.1 Å². The van der Waals surface area contributed by atoms with Crippen molar-refractivity contribution in [2.75, 3.05) is 0 Å². The van der Waals surface area contributed by atoms with E-state index in [-0.39, 0.29) is 11.9 Å². The summed E-state index contributed by atoms with van der Waals surface area (Å²) in [6.07, 6.45) is 1.86. The molecule has 2 N–H and O–H groups in total. The van der Waals surface area contributed by atoms with E-state index >= 15 is 0 Å². The predicted octanol–water partition coefficient (Wildman–Crippen LogP) is 2.65. The summed E-state index contributed by atoms with van der Waals surface area (Å²) in [4.78, 5) is 0. The fourth-order valence-corrected chi connectivity index (χ4v) is 1.79. The molecule has 17 heavy (non-hydrogen) atoms. The highest BCUT2D eigenvalue weighted by molar-refractivity contribution is 5.45. The average molecular weight is 233 g/mol. The fourth-order valence-electron chi connectivity index (χ4n) is 1.79. The van der Waals surface area contributed by atoms with Crippen molar-refractivity contribution in [1.82, 2.24) is 9.78 Å². The largest absolute Gasteiger partial charge is 0.324 e. The van der Waals surface area contributed by atoms with E-state index in [1.54, 1.807) is 17.7 Å². The summed E-state index contributed by atoms with van der Waals surface area (Å²) in [5.74, 6) is -0.232. The highest BCUT2D eigenvalue weighted by atomic mass is 19.1. The maximum atomic E-state index is 13.6. The molecule has 0 amide bonds. The molecular weight excluding hydrogens is 217 g/mol. The van der Waals surface area contributed by atoms with Gasteiger partial charge in [-0.05, 0) is 50.1 Å². The minimum absolute atomic E-state index is 0.232. The molecule has 0 aliphatic carbocycles. The Labute approximate surface area is 100 Å². The van der Waals surface area contributed by atoms with E-state index < -0.39 is 0 Å². The number of aromatic nitrogens is 2. The first-order chi connectivity index (χ1) is 7.99. The van der Waals surface area contributed by atoms with Gasteiger partial charge in [0.25, 0.3) is 0 Å². The summed E-state index contributed by atoms with van der Waals surface area (Å²) in [6.45, 7) is 5.49. The lowest BCUT2D eigenvalue weighted by Gasteiger charge is -2.14. The number of nitrogens with two attached hydrogens (primary N) is 1. The molecule has 1 aromatic heterocycles. The quantitative estimate of drug-likeness (QED) is 0.866. The number of hydrogen-bond donors (Lipinski definition) is 1. The van der Waals surface area contributed by atoms with Gasteiger partial charge in [0.1, 0.15) is 5.82 Å². The molecule has 0 aliphatic rings. The first kappa shape index (κ1) is 11.8. The fraction of sp³-hybridized carbons (Fsp3) is 0.308. The third-order valence-corrected chi connectivity index (χ3v) is 2.77. The van der Waals surface area contributed by atoms with Crippen LogP contribution in [-0.4, -0.2) is 9.78 Å². The Morgan fingerprint density at radius 3 is 2.59 bits per heavy atom. The summed E-state index contributed by atoms with van der Waals surface area (Å²) >= 11 is 0. The number of halogens is 1. The zero-order valence-corrected chi connectivity index (χ0v) is 10.2. The van der Waals surface area contributed by atoms with E-state index in [9.17, 15) is 4.39 Å². The van der Waals surface area contributed by atoms with Crippen molar-refractivity contribution in [2.24, 2.45) is 5.73 Å². The van der Waals surface area contributed by atoms with Crippen LogP contribution >= 0.6 is 0 Å². The smallest absolute Gasteiger partial charge is 0.126 e. The summed E-state index contributed by atoms with van der Waals surface area (Å²) in [6, 6.07) is 4.95.